The van der Waals surface area contributed by atoms with Gasteiger partial charge in [0.1, 0.15) is 11.3 Å². The van der Waals surface area contributed by atoms with Gasteiger partial charge in [0.2, 0.25) is 0 Å². The minimum Gasteiger partial charge on any atom is -0.398 e. The third-order valence-electron chi connectivity index (χ3n) is 2.66. The molecule has 19 heavy (non-hydrogen) atoms. The van der Waals surface area contributed by atoms with Gasteiger partial charge in [0.15, 0.2) is 5.65 Å². The van der Waals surface area contributed by atoms with Crippen LogP contribution < -0.4 is 17.0 Å². The first-order valence-corrected chi connectivity index (χ1v) is 5.70. The van der Waals surface area contributed by atoms with Crippen LogP contribution in [0.25, 0.3) is 22.6 Å². The lowest BCUT2D eigenvalue weighted by atomic mass is 10.2. The zero-order valence-electron chi connectivity index (χ0n) is 9.45. The number of rotatable bonds is 1. The number of halogens is 1. The van der Waals surface area contributed by atoms with Crippen molar-refractivity contribution >= 4 is 28.5 Å². The fourth-order valence-electron chi connectivity index (χ4n) is 1.76. The predicted molar refractivity (Wildman–Crippen MR) is 72.2 cm³/mol. The highest BCUT2D eigenvalue weighted by atomic mass is 35.5. The topological polar surface area (TPSA) is 120 Å². The average Bonchev–Trinajstić information content (AvgIpc) is 2.76. The van der Waals surface area contributed by atoms with Crippen molar-refractivity contribution in [1.29, 1.82) is 0 Å². The molecule has 5 N–H and O–H groups in total. The zero-order valence-corrected chi connectivity index (χ0v) is 10.2. The number of aromatic nitrogens is 4. The Bertz CT molecular complexity index is 892. The molecule has 0 aliphatic carbocycles. The standard InChI is InChI=1S/C11H8ClN5O2/c12-5-2-1-4(3-6(5)13)8-14-7-9(15-8)16-11(19)17-10(7)18/h1-3H,13H2,(H3,14,15,16,17,18,19). The first-order chi connectivity index (χ1) is 9.04. The molecule has 7 nitrogen and oxygen atoms in total. The third kappa shape index (κ3) is 1.89. The molecule has 0 bridgehead atoms. The first-order valence-electron chi connectivity index (χ1n) is 5.32. The number of hydrogen-bond donors (Lipinski definition) is 4. The van der Waals surface area contributed by atoms with Crippen molar-refractivity contribution in [3.05, 3.63) is 44.1 Å². The van der Waals surface area contributed by atoms with Crippen molar-refractivity contribution < 1.29 is 0 Å². The highest BCUT2D eigenvalue weighted by Crippen LogP contribution is 2.25. The summed E-state index contributed by atoms with van der Waals surface area (Å²) in [4.78, 5) is 34.2. The largest absolute Gasteiger partial charge is 0.398 e. The SMILES string of the molecule is Nc1cc(-c2nc3[nH]c(=O)[nH]c(=O)c3[nH]2)ccc1Cl. The van der Waals surface area contributed by atoms with Gasteiger partial charge in [-0.05, 0) is 18.2 Å². The average molecular weight is 278 g/mol. The highest BCUT2D eigenvalue weighted by Gasteiger charge is 2.10. The van der Waals surface area contributed by atoms with Gasteiger partial charge in [-0.2, -0.15) is 0 Å². The molecule has 0 spiro atoms. The number of nitrogens with two attached hydrogens (primary N) is 1. The Labute approximate surface area is 110 Å². The van der Waals surface area contributed by atoms with Crippen molar-refractivity contribution in [2.75, 3.05) is 5.73 Å². The van der Waals surface area contributed by atoms with Crippen molar-refractivity contribution in [2.45, 2.75) is 0 Å². The second kappa shape index (κ2) is 3.99. The summed E-state index contributed by atoms with van der Waals surface area (Å²) in [5.41, 5.74) is 6.03. The maximum absolute atomic E-state index is 11.6. The smallest absolute Gasteiger partial charge is 0.327 e. The molecule has 8 heteroatoms. The summed E-state index contributed by atoms with van der Waals surface area (Å²) in [5.74, 6) is 0.422. The van der Waals surface area contributed by atoms with Crippen LogP contribution in [0.3, 0.4) is 0 Å². The van der Waals surface area contributed by atoms with E-state index in [2.05, 4.69) is 19.9 Å². The molecule has 0 unspecified atom stereocenters. The van der Waals surface area contributed by atoms with Crippen LogP contribution in [-0.4, -0.2) is 19.9 Å². The Morgan fingerprint density at radius 3 is 2.68 bits per heavy atom. The summed E-state index contributed by atoms with van der Waals surface area (Å²) >= 11 is 5.83. The molecule has 0 fully saturated rings. The first kappa shape index (κ1) is 11.5. The second-order valence-corrected chi connectivity index (χ2v) is 4.36. The number of hydrogen-bond acceptors (Lipinski definition) is 4. The molecule has 0 aliphatic rings. The number of H-pyrrole nitrogens is 3. The lowest BCUT2D eigenvalue weighted by Gasteiger charge is -2.00. The van der Waals surface area contributed by atoms with E-state index in [1.54, 1.807) is 18.2 Å². The zero-order chi connectivity index (χ0) is 13.6. The van der Waals surface area contributed by atoms with Crippen LogP contribution in [0.5, 0.6) is 0 Å². The number of nitrogen functional groups attached to an aromatic ring is 1. The molecule has 3 aromatic rings. The normalized spacial score (nSPS) is 11.0. The molecule has 96 valence electrons. The van der Waals surface area contributed by atoms with Gasteiger partial charge in [-0.15, -0.1) is 0 Å². The molecular weight excluding hydrogens is 270 g/mol. The van der Waals surface area contributed by atoms with E-state index in [1.165, 1.54) is 0 Å². The molecule has 0 atom stereocenters. The van der Waals surface area contributed by atoms with E-state index in [0.29, 0.717) is 22.1 Å². The molecule has 1 aromatic carbocycles. The van der Waals surface area contributed by atoms with E-state index in [9.17, 15) is 9.59 Å². The van der Waals surface area contributed by atoms with Crippen molar-refractivity contribution in [2.24, 2.45) is 0 Å². The van der Waals surface area contributed by atoms with Gasteiger partial charge in [-0.3, -0.25) is 14.8 Å². The number of nitrogens with one attached hydrogen (secondary N) is 3. The van der Waals surface area contributed by atoms with Crippen LogP contribution in [-0.2, 0) is 0 Å². The van der Waals surface area contributed by atoms with Crippen LogP contribution in [0.4, 0.5) is 5.69 Å². The van der Waals surface area contributed by atoms with E-state index in [1.807, 2.05) is 0 Å². The van der Waals surface area contributed by atoms with E-state index in [-0.39, 0.29) is 11.2 Å². The summed E-state index contributed by atoms with van der Waals surface area (Å²) in [6.45, 7) is 0. The molecule has 0 amide bonds. The Hall–Kier alpha value is -2.54. The van der Waals surface area contributed by atoms with Crippen LogP contribution in [0, 0.1) is 0 Å². The molecule has 0 saturated heterocycles. The van der Waals surface area contributed by atoms with Gasteiger partial charge in [-0.25, -0.2) is 9.78 Å². The second-order valence-electron chi connectivity index (χ2n) is 3.95. The maximum Gasteiger partial charge on any atom is 0.327 e. The number of anilines is 1. The van der Waals surface area contributed by atoms with Gasteiger partial charge in [0.05, 0.1) is 10.7 Å². The predicted octanol–water partition coefficient (Wildman–Crippen LogP) is 0.842. The summed E-state index contributed by atoms with van der Waals surface area (Å²) in [7, 11) is 0. The van der Waals surface area contributed by atoms with Gasteiger partial charge in [-0.1, -0.05) is 11.6 Å². The fourth-order valence-corrected chi connectivity index (χ4v) is 1.88. The lowest BCUT2D eigenvalue weighted by Crippen LogP contribution is -2.21. The molecule has 0 radical (unpaired) electrons. The van der Waals surface area contributed by atoms with Gasteiger partial charge < -0.3 is 10.7 Å². The number of imidazole rings is 1. The van der Waals surface area contributed by atoms with E-state index in [0.717, 1.165) is 0 Å². The van der Waals surface area contributed by atoms with Gasteiger partial charge in [0, 0.05) is 5.56 Å². The molecule has 2 heterocycles. The molecule has 0 aliphatic heterocycles. The van der Waals surface area contributed by atoms with Gasteiger partial charge in [0.25, 0.3) is 5.56 Å². The van der Waals surface area contributed by atoms with Crippen LogP contribution in [0.1, 0.15) is 0 Å². The minimum absolute atomic E-state index is 0.192. The Kier molecular flexibility index (Phi) is 2.42. The van der Waals surface area contributed by atoms with Crippen molar-refractivity contribution in [1.82, 2.24) is 19.9 Å². The molecular formula is C11H8ClN5O2. The summed E-state index contributed by atoms with van der Waals surface area (Å²) in [6.07, 6.45) is 0. The van der Waals surface area contributed by atoms with Gasteiger partial charge >= 0.3 is 5.69 Å². The summed E-state index contributed by atoms with van der Waals surface area (Å²) in [6, 6.07) is 4.97. The van der Waals surface area contributed by atoms with Crippen LogP contribution >= 0.6 is 11.6 Å². The Balaban J connectivity index is 2.26. The number of aromatic amines is 3. The number of nitrogens with zero attached hydrogens (tertiary/aromatic N) is 1. The Morgan fingerprint density at radius 1 is 1.16 bits per heavy atom. The fraction of sp³-hybridized carbons (Fsp3) is 0. The summed E-state index contributed by atoms with van der Waals surface area (Å²) < 4.78 is 0. The Morgan fingerprint density at radius 2 is 1.95 bits per heavy atom. The van der Waals surface area contributed by atoms with E-state index < -0.39 is 11.2 Å². The molecule has 3 rings (SSSR count). The maximum atomic E-state index is 11.6. The van der Waals surface area contributed by atoms with E-state index in [4.69, 9.17) is 17.3 Å². The lowest BCUT2D eigenvalue weighted by molar-refractivity contribution is 1.07. The third-order valence-corrected chi connectivity index (χ3v) is 3.00. The molecule has 2 aromatic heterocycles. The quantitative estimate of drug-likeness (QED) is 0.493. The monoisotopic (exact) mass is 277 g/mol. The molecule has 0 saturated carbocycles. The number of fused-ring (bicyclic) bond motifs is 1. The highest BCUT2D eigenvalue weighted by molar-refractivity contribution is 6.33. The summed E-state index contributed by atoms with van der Waals surface area (Å²) in [5, 5.41) is 0.436. The minimum atomic E-state index is -0.605. The van der Waals surface area contributed by atoms with Crippen LogP contribution in [0.2, 0.25) is 5.02 Å². The number of benzene rings is 1. The van der Waals surface area contributed by atoms with Crippen LogP contribution in [0.15, 0.2) is 27.8 Å². The van der Waals surface area contributed by atoms with E-state index >= 15 is 0 Å². The van der Waals surface area contributed by atoms with Crippen molar-refractivity contribution in [3.63, 3.8) is 0 Å². The van der Waals surface area contributed by atoms with Crippen molar-refractivity contribution in [3.8, 4) is 11.4 Å².